The van der Waals surface area contributed by atoms with Crippen LogP contribution in [0.3, 0.4) is 0 Å². The van der Waals surface area contributed by atoms with E-state index in [9.17, 15) is 4.79 Å². The van der Waals surface area contributed by atoms with E-state index in [1.165, 1.54) is 0 Å². The molecule has 21 heavy (non-hydrogen) atoms. The van der Waals surface area contributed by atoms with Crippen LogP contribution in [0.5, 0.6) is 0 Å². The van der Waals surface area contributed by atoms with Crippen LogP contribution < -0.4 is 10.6 Å². The lowest BCUT2D eigenvalue weighted by Gasteiger charge is -2.07. The molecular formula is C15H21N5O. The standard InChI is InChI=1S/C15H21N5O/c1-4-7-16-14-9-11(6-8-17-14)15(21)18-13-10-20(3)19-12(13)5-2/h6,8-10H,4-5,7H2,1-3H3,(H,16,17)(H,18,21). The minimum Gasteiger partial charge on any atom is -0.370 e. The van der Waals surface area contributed by atoms with E-state index in [4.69, 9.17) is 0 Å². The van der Waals surface area contributed by atoms with Gasteiger partial charge in [-0.15, -0.1) is 0 Å². The number of rotatable bonds is 6. The molecule has 1 amide bonds. The number of anilines is 2. The van der Waals surface area contributed by atoms with E-state index in [1.807, 2.05) is 20.2 Å². The summed E-state index contributed by atoms with van der Waals surface area (Å²) >= 11 is 0. The molecule has 0 saturated heterocycles. The van der Waals surface area contributed by atoms with Crippen molar-refractivity contribution < 1.29 is 4.79 Å². The first kappa shape index (κ1) is 15.0. The Labute approximate surface area is 124 Å². The van der Waals surface area contributed by atoms with Crippen LogP contribution in [0.4, 0.5) is 11.5 Å². The number of pyridine rings is 1. The molecule has 0 unspecified atom stereocenters. The zero-order valence-electron chi connectivity index (χ0n) is 12.7. The van der Waals surface area contributed by atoms with Crippen LogP contribution in [0.1, 0.15) is 36.3 Å². The molecule has 0 aliphatic rings. The van der Waals surface area contributed by atoms with E-state index in [1.54, 1.807) is 23.0 Å². The van der Waals surface area contributed by atoms with Crippen molar-refractivity contribution in [3.63, 3.8) is 0 Å². The number of carbonyl (C=O) groups excluding carboxylic acids is 1. The Morgan fingerprint density at radius 1 is 1.38 bits per heavy atom. The summed E-state index contributed by atoms with van der Waals surface area (Å²) in [6.07, 6.45) is 5.23. The average molecular weight is 287 g/mol. The molecule has 0 aliphatic heterocycles. The van der Waals surface area contributed by atoms with E-state index >= 15 is 0 Å². The quantitative estimate of drug-likeness (QED) is 0.856. The van der Waals surface area contributed by atoms with E-state index in [0.717, 1.165) is 30.8 Å². The number of nitrogens with zero attached hydrogens (tertiary/aromatic N) is 3. The second kappa shape index (κ2) is 6.88. The molecule has 2 aromatic rings. The summed E-state index contributed by atoms with van der Waals surface area (Å²) in [5.41, 5.74) is 2.21. The molecule has 6 nitrogen and oxygen atoms in total. The molecule has 2 N–H and O–H groups in total. The number of nitrogens with one attached hydrogen (secondary N) is 2. The predicted octanol–water partition coefficient (Wildman–Crippen LogP) is 2.45. The Hall–Kier alpha value is -2.37. The first-order chi connectivity index (χ1) is 10.1. The predicted molar refractivity (Wildman–Crippen MR) is 83.6 cm³/mol. The van der Waals surface area contributed by atoms with Gasteiger partial charge in [-0.25, -0.2) is 4.98 Å². The van der Waals surface area contributed by atoms with Gasteiger partial charge in [0, 0.05) is 31.5 Å². The first-order valence-corrected chi connectivity index (χ1v) is 7.17. The molecule has 0 bridgehead atoms. The van der Waals surface area contributed by atoms with Crippen molar-refractivity contribution in [3.8, 4) is 0 Å². The number of aromatic nitrogens is 3. The number of hydrogen-bond donors (Lipinski definition) is 2. The number of amides is 1. The van der Waals surface area contributed by atoms with Gasteiger partial charge in [-0.1, -0.05) is 13.8 Å². The van der Waals surface area contributed by atoms with Crippen molar-refractivity contribution >= 4 is 17.4 Å². The van der Waals surface area contributed by atoms with Crippen LogP contribution in [0.15, 0.2) is 24.5 Å². The highest BCUT2D eigenvalue weighted by Gasteiger charge is 2.12. The van der Waals surface area contributed by atoms with Gasteiger partial charge in [0.2, 0.25) is 0 Å². The normalized spacial score (nSPS) is 10.4. The molecule has 0 atom stereocenters. The Morgan fingerprint density at radius 2 is 2.19 bits per heavy atom. The second-order valence-corrected chi connectivity index (χ2v) is 4.83. The molecule has 112 valence electrons. The fraction of sp³-hybridized carbons (Fsp3) is 0.400. The van der Waals surface area contributed by atoms with Gasteiger partial charge in [-0.3, -0.25) is 9.48 Å². The molecular weight excluding hydrogens is 266 g/mol. The van der Waals surface area contributed by atoms with Crippen molar-refractivity contribution in [3.05, 3.63) is 35.8 Å². The maximum Gasteiger partial charge on any atom is 0.255 e. The summed E-state index contributed by atoms with van der Waals surface area (Å²) in [5.74, 6) is 0.561. The minimum atomic E-state index is -0.153. The third-order valence-corrected chi connectivity index (χ3v) is 3.07. The first-order valence-electron chi connectivity index (χ1n) is 7.17. The topological polar surface area (TPSA) is 71.8 Å². The SMILES string of the molecule is CCCNc1cc(C(=O)Nc2cn(C)nc2CC)ccn1. The summed E-state index contributed by atoms with van der Waals surface area (Å²) in [6.45, 7) is 4.93. The van der Waals surface area contributed by atoms with Crippen molar-refractivity contribution in [1.29, 1.82) is 0 Å². The highest BCUT2D eigenvalue weighted by molar-refractivity contribution is 6.04. The fourth-order valence-electron chi connectivity index (χ4n) is 2.02. The monoisotopic (exact) mass is 287 g/mol. The van der Waals surface area contributed by atoms with Crippen LogP contribution in [0.2, 0.25) is 0 Å². The van der Waals surface area contributed by atoms with Crippen molar-refractivity contribution in [2.24, 2.45) is 7.05 Å². The summed E-state index contributed by atoms with van der Waals surface area (Å²) in [6, 6.07) is 3.46. The number of carbonyl (C=O) groups is 1. The Balaban J connectivity index is 2.12. The van der Waals surface area contributed by atoms with Gasteiger partial charge in [0.25, 0.3) is 5.91 Å². The summed E-state index contributed by atoms with van der Waals surface area (Å²) in [4.78, 5) is 16.5. The minimum absolute atomic E-state index is 0.153. The molecule has 2 heterocycles. The third kappa shape index (κ3) is 3.81. The third-order valence-electron chi connectivity index (χ3n) is 3.07. The van der Waals surface area contributed by atoms with Gasteiger partial charge in [-0.2, -0.15) is 5.10 Å². The molecule has 0 fully saturated rings. The molecule has 0 aromatic carbocycles. The maximum atomic E-state index is 12.3. The van der Waals surface area contributed by atoms with E-state index in [-0.39, 0.29) is 5.91 Å². The Kier molecular flexibility index (Phi) is 4.92. The summed E-state index contributed by atoms with van der Waals surface area (Å²) < 4.78 is 1.70. The van der Waals surface area contributed by atoms with Gasteiger partial charge in [0.1, 0.15) is 5.82 Å². The highest BCUT2D eigenvalue weighted by Crippen LogP contribution is 2.16. The molecule has 6 heteroatoms. The average Bonchev–Trinajstić information content (AvgIpc) is 2.85. The zero-order chi connectivity index (χ0) is 15.2. The van der Waals surface area contributed by atoms with Gasteiger partial charge in [0.05, 0.1) is 11.4 Å². The van der Waals surface area contributed by atoms with Crippen LogP contribution in [-0.2, 0) is 13.5 Å². The summed E-state index contributed by atoms with van der Waals surface area (Å²) in [5, 5.41) is 10.4. The molecule has 0 saturated carbocycles. The van der Waals surface area contributed by atoms with Gasteiger partial charge < -0.3 is 10.6 Å². The van der Waals surface area contributed by atoms with E-state index in [2.05, 4.69) is 27.6 Å². The Morgan fingerprint density at radius 3 is 2.90 bits per heavy atom. The molecule has 0 spiro atoms. The van der Waals surface area contributed by atoms with Crippen LogP contribution in [-0.4, -0.2) is 27.2 Å². The van der Waals surface area contributed by atoms with Gasteiger partial charge in [0.15, 0.2) is 0 Å². The Bertz CT molecular complexity index is 620. The van der Waals surface area contributed by atoms with Crippen LogP contribution in [0.25, 0.3) is 0 Å². The molecule has 2 aromatic heterocycles. The molecule has 0 radical (unpaired) electrons. The van der Waals surface area contributed by atoms with E-state index in [0.29, 0.717) is 11.4 Å². The second-order valence-electron chi connectivity index (χ2n) is 4.83. The summed E-state index contributed by atoms with van der Waals surface area (Å²) in [7, 11) is 1.84. The lowest BCUT2D eigenvalue weighted by Crippen LogP contribution is -2.13. The van der Waals surface area contributed by atoms with Crippen LogP contribution in [0, 0.1) is 0 Å². The number of aryl methyl sites for hydroxylation is 2. The van der Waals surface area contributed by atoms with Crippen molar-refractivity contribution in [2.75, 3.05) is 17.2 Å². The van der Waals surface area contributed by atoms with E-state index < -0.39 is 0 Å². The smallest absolute Gasteiger partial charge is 0.255 e. The lowest BCUT2D eigenvalue weighted by molar-refractivity contribution is 0.102. The number of hydrogen-bond acceptors (Lipinski definition) is 4. The molecule has 0 aliphatic carbocycles. The van der Waals surface area contributed by atoms with Crippen molar-refractivity contribution in [1.82, 2.24) is 14.8 Å². The van der Waals surface area contributed by atoms with Gasteiger partial charge in [-0.05, 0) is 25.0 Å². The van der Waals surface area contributed by atoms with Crippen molar-refractivity contribution in [2.45, 2.75) is 26.7 Å². The van der Waals surface area contributed by atoms with Crippen LogP contribution >= 0.6 is 0 Å². The lowest BCUT2D eigenvalue weighted by atomic mass is 10.2. The zero-order valence-corrected chi connectivity index (χ0v) is 12.7. The van der Waals surface area contributed by atoms with Gasteiger partial charge >= 0.3 is 0 Å². The maximum absolute atomic E-state index is 12.3. The highest BCUT2D eigenvalue weighted by atomic mass is 16.1. The fourth-order valence-corrected chi connectivity index (χ4v) is 2.02. The molecule has 2 rings (SSSR count). The largest absolute Gasteiger partial charge is 0.370 e.